The van der Waals surface area contributed by atoms with Gasteiger partial charge in [-0.1, -0.05) is 0 Å². The summed E-state index contributed by atoms with van der Waals surface area (Å²) in [5.41, 5.74) is 6.22. The maximum absolute atomic E-state index is 11.4. The molecule has 0 spiro atoms. The zero-order valence-electron chi connectivity index (χ0n) is 9.89. The molecule has 0 aliphatic heterocycles. The van der Waals surface area contributed by atoms with E-state index in [0.717, 1.165) is 18.6 Å². The minimum Gasteiger partial charge on any atom is -0.490 e. The van der Waals surface area contributed by atoms with Crippen molar-refractivity contribution in [2.24, 2.45) is 5.73 Å². The Kier molecular flexibility index (Phi) is 3.64. The summed E-state index contributed by atoms with van der Waals surface area (Å²) in [7, 11) is 0. The molecule has 0 heterocycles. The molecule has 1 fully saturated rings. The minimum absolute atomic E-state index is 0.221. The molecule has 92 valence electrons. The van der Waals surface area contributed by atoms with Crippen LogP contribution in [0.4, 0.5) is 0 Å². The Morgan fingerprint density at radius 3 is 2.53 bits per heavy atom. The zero-order chi connectivity index (χ0) is 12.3. The van der Waals surface area contributed by atoms with Crippen LogP contribution in [0.5, 0.6) is 5.75 Å². The van der Waals surface area contributed by atoms with Crippen LogP contribution >= 0.6 is 0 Å². The van der Waals surface area contributed by atoms with Crippen molar-refractivity contribution >= 4 is 5.97 Å². The van der Waals surface area contributed by atoms with Gasteiger partial charge in [-0.15, -0.1) is 0 Å². The SMILES string of the molecule is CCOC(=O)c1ccc(O[C@H]2C[C@H](N)C2)cc1. The van der Waals surface area contributed by atoms with Crippen molar-refractivity contribution < 1.29 is 14.3 Å². The second-order valence-electron chi connectivity index (χ2n) is 4.22. The zero-order valence-corrected chi connectivity index (χ0v) is 9.89. The van der Waals surface area contributed by atoms with Gasteiger partial charge in [0.1, 0.15) is 11.9 Å². The average Bonchev–Trinajstić information content (AvgIpc) is 2.28. The van der Waals surface area contributed by atoms with Crippen molar-refractivity contribution in [1.82, 2.24) is 0 Å². The molecule has 2 rings (SSSR count). The average molecular weight is 235 g/mol. The monoisotopic (exact) mass is 235 g/mol. The second-order valence-corrected chi connectivity index (χ2v) is 4.22. The maximum Gasteiger partial charge on any atom is 0.338 e. The lowest BCUT2D eigenvalue weighted by atomic mass is 9.90. The molecule has 1 aromatic carbocycles. The first kappa shape index (κ1) is 11.9. The maximum atomic E-state index is 11.4. The third-order valence-electron chi connectivity index (χ3n) is 2.80. The van der Waals surface area contributed by atoms with Gasteiger partial charge in [-0.25, -0.2) is 4.79 Å². The highest BCUT2D eigenvalue weighted by Crippen LogP contribution is 2.24. The first-order valence-corrected chi connectivity index (χ1v) is 5.88. The molecule has 0 amide bonds. The molecule has 4 heteroatoms. The lowest BCUT2D eigenvalue weighted by Crippen LogP contribution is -2.43. The van der Waals surface area contributed by atoms with Gasteiger partial charge in [0, 0.05) is 6.04 Å². The molecule has 0 saturated heterocycles. The van der Waals surface area contributed by atoms with Gasteiger partial charge in [0.05, 0.1) is 12.2 Å². The Morgan fingerprint density at radius 2 is 2.00 bits per heavy atom. The number of carbonyl (C=O) groups is 1. The van der Waals surface area contributed by atoms with Crippen molar-refractivity contribution in [2.75, 3.05) is 6.61 Å². The molecular formula is C13H17NO3. The fourth-order valence-corrected chi connectivity index (χ4v) is 1.78. The van der Waals surface area contributed by atoms with Gasteiger partial charge in [0.25, 0.3) is 0 Å². The summed E-state index contributed by atoms with van der Waals surface area (Å²) < 4.78 is 10.6. The van der Waals surface area contributed by atoms with E-state index in [1.165, 1.54) is 0 Å². The van der Waals surface area contributed by atoms with Crippen molar-refractivity contribution in [3.63, 3.8) is 0 Å². The Balaban J connectivity index is 1.91. The van der Waals surface area contributed by atoms with Gasteiger partial charge in [0.15, 0.2) is 0 Å². The first-order valence-electron chi connectivity index (χ1n) is 5.88. The van der Waals surface area contributed by atoms with Crippen molar-refractivity contribution in [2.45, 2.75) is 31.9 Å². The van der Waals surface area contributed by atoms with Crippen LogP contribution in [0.25, 0.3) is 0 Å². The molecular weight excluding hydrogens is 218 g/mol. The Bertz CT molecular complexity index is 382. The third kappa shape index (κ3) is 2.97. The molecule has 1 aliphatic rings. The normalized spacial score (nSPS) is 22.7. The number of benzene rings is 1. The highest BCUT2D eigenvalue weighted by molar-refractivity contribution is 5.89. The molecule has 0 unspecified atom stereocenters. The third-order valence-corrected chi connectivity index (χ3v) is 2.80. The molecule has 1 aliphatic carbocycles. The standard InChI is InChI=1S/C13H17NO3/c1-2-16-13(15)9-3-5-11(6-4-9)17-12-7-10(14)8-12/h3-6,10,12H,2,7-8,14H2,1H3/t10-,12-. The van der Waals surface area contributed by atoms with Crippen LogP contribution in [0.1, 0.15) is 30.1 Å². The predicted octanol–water partition coefficient (Wildman–Crippen LogP) is 1.73. The molecule has 0 atom stereocenters. The molecule has 0 aromatic heterocycles. The summed E-state index contributed by atoms with van der Waals surface area (Å²) in [6.45, 7) is 2.17. The van der Waals surface area contributed by atoms with Crippen LogP contribution < -0.4 is 10.5 Å². The lowest BCUT2D eigenvalue weighted by molar-refractivity contribution is 0.0526. The van der Waals surface area contributed by atoms with Crippen molar-refractivity contribution in [1.29, 1.82) is 0 Å². The molecule has 0 bridgehead atoms. The van der Waals surface area contributed by atoms with E-state index in [0.29, 0.717) is 12.2 Å². The molecule has 17 heavy (non-hydrogen) atoms. The Labute approximate surface area is 101 Å². The van der Waals surface area contributed by atoms with Crippen LogP contribution in [-0.4, -0.2) is 24.7 Å². The molecule has 4 nitrogen and oxygen atoms in total. The largest absolute Gasteiger partial charge is 0.490 e. The molecule has 1 aromatic rings. The summed E-state index contributed by atoms with van der Waals surface area (Å²) in [6.07, 6.45) is 2.03. The van der Waals surface area contributed by atoms with Gasteiger partial charge in [0.2, 0.25) is 0 Å². The predicted molar refractivity (Wildman–Crippen MR) is 64.0 cm³/mol. The van der Waals surface area contributed by atoms with Crippen LogP contribution in [0.2, 0.25) is 0 Å². The fraction of sp³-hybridized carbons (Fsp3) is 0.462. The van der Waals surface area contributed by atoms with E-state index in [9.17, 15) is 4.79 Å². The number of carbonyl (C=O) groups excluding carboxylic acids is 1. The topological polar surface area (TPSA) is 61.5 Å². The lowest BCUT2D eigenvalue weighted by Gasteiger charge is -2.32. The van der Waals surface area contributed by atoms with Gasteiger partial charge < -0.3 is 15.2 Å². The first-order chi connectivity index (χ1) is 8.19. The van der Waals surface area contributed by atoms with E-state index in [-0.39, 0.29) is 18.1 Å². The van der Waals surface area contributed by atoms with Gasteiger partial charge >= 0.3 is 5.97 Å². The number of ether oxygens (including phenoxy) is 2. The summed E-state index contributed by atoms with van der Waals surface area (Å²) in [4.78, 5) is 11.4. The van der Waals surface area contributed by atoms with Crippen LogP contribution in [0.15, 0.2) is 24.3 Å². The van der Waals surface area contributed by atoms with E-state index in [4.69, 9.17) is 15.2 Å². The second kappa shape index (κ2) is 5.19. The molecule has 0 radical (unpaired) electrons. The highest BCUT2D eigenvalue weighted by Gasteiger charge is 2.27. The van der Waals surface area contributed by atoms with E-state index in [2.05, 4.69) is 0 Å². The summed E-state index contributed by atoms with van der Waals surface area (Å²) in [5.74, 6) is 0.472. The number of esters is 1. The van der Waals surface area contributed by atoms with E-state index in [1.54, 1.807) is 31.2 Å². The van der Waals surface area contributed by atoms with E-state index >= 15 is 0 Å². The smallest absolute Gasteiger partial charge is 0.338 e. The van der Waals surface area contributed by atoms with E-state index < -0.39 is 0 Å². The number of hydrogen-bond donors (Lipinski definition) is 1. The minimum atomic E-state index is -0.301. The Hall–Kier alpha value is -1.55. The van der Waals surface area contributed by atoms with E-state index in [1.807, 2.05) is 0 Å². The number of hydrogen-bond acceptors (Lipinski definition) is 4. The summed E-state index contributed by atoms with van der Waals surface area (Å²) in [6, 6.07) is 7.28. The van der Waals surface area contributed by atoms with Gasteiger partial charge in [-0.2, -0.15) is 0 Å². The van der Waals surface area contributed by atoms with Crippen LogP contribution in [0.3, 0.4) is 0 Å². The van der Waals surface area contributed by atoms with Gasteiger partial charge in [-0.05, 0) is 44.0 Å². The summed E-state index contributed by atoms with van der Waals surface area (Å²) in [5, 5.41) is 0. The molecule has 1 saturated carbocycles. The molecule has 2 N–H and O–H groups in total. The van der Waals surface area contributed by atoms with Crippen molar-refractivity contribution in [3.8, 4) is 5.75 Å². The van der Waals surface area contributed by atoms with Crippen LogP contribution in [0, 0.1) is 0 Å². The number of nitrogens with two attached hydrogens (primary N) is 1. The van der Waals surface area contributed by atoms with Crippen LogP contribution in [-0.2, 0) is 4.74 Å². The van der Waals surface area contributed by atoms with Crippen molar-refractivity contribution in [3.05, 3.63) is 29.8 Å². The Morgan fingerprint density at radius 1 is 1.35 bits per heavy atom. The quantitative estimate of drug-likeness (QED) is 0.807. The highest BCUT2D eigenvalue weighted by atomic mass is 16.5. The summed E-state index contributed by atoms with van der Waals surface area (Å²) >= 11 is 0. The number of rotatable bonds is 4. The fourth-order valence-electron chi connectivity index (χ4n) is 1.78. The van der Waals surface area contributed by atoms with Gasteiger partial charge in [-0.3, -0.25) is 0 Å².